The zero-order valence-electron chi connectivity index (χ0n) is 9.72. The highest BCUT2D eigenvalue weighted by atomic mass is 16.5. The number of aromatic nitrogens is 2. The molecule has 0 bridgehead atoms. The smallest absolute Gasteiger partial charge is 0.237 e. The Morgan fingerprint density at radius 1 is 1.29 bits per heavy atom. The van der Waals surface area contributed by atoms with Gasteiger partial charge in [-0.3, -0.25) is 0 Å². The van der Waals surface area contributed by atoms with E-state index in [0.717, 1.165) is 18.7 Å². The van der Waals surface area contributed by atoms with E-state index in [1.54, 1.807) is 7.11 Å². The molecule has 88 valence electrons. The molecule has 0 atom stereocenters. The molecule has 4 nitrogen and oxygen atoms in total. The van der Waals surface area contributed by atoms with Crippen molar-refractivity contribution in [3.8, 4) is 0 Å². The molecule has 0 amide bonds. The van der Waals surface area contributed by atoms with Crippen LogP contribution in [-0.4, -0.2) is 17.3 Å². The third-order valence-electron chi connectivity index (χ3n) is 3.23. The first kappa shape index (κ1) is 10.5. The van der Waals surface area contributed by atoms with Crippen molar-refractivity contribution < 1.29 is 9.26 Å². The van der Waals surface area contributed by atoms with Crippen molar-refractivity contribution in [3.63, 3.8) is 0 Å². The largest absolute Gasteiger partial charge is 0.377 e. The molecule has 3 rings (SSSR count). The van der Waals surface area contributed by atoms with E-state index in [4.69, 9.17) is 9.26 Å². The second-order valence-corrected chi connectivity index (χ2v) is 4.40. The predicted octanol–water partition coefficient (Wildman–Crippen LogP) is 2.30. The summed E-state index contributed by atoms with van der Waals surface area (Å²) in [6.45, 7) is 0.397. The summed E-state index contributed by atoms with van der Waals surface area (Å²) < 4.78 is 10.4. The number of nitrogens with zero attached hydrogens (tertiary/aromatic N) is 2. The van der Waals surface area contributed by atoms with E-state index in [0.29, 0.717) is 12.4 Å². The maximum atomic E-state index is 5.36. The summed E-state index contributed by atoms with van der Waals surface area (Å²) in [7, 11) is 1.63. The first-order valence-corrected chi connectivity index (χ1v) is 5.73. The van der Waals surface area contributed by atoms with Crippen molar-refractivity contribution >= 4 is 0 Å². The Morgan fingerprint density at radius 2 is 2.06 bits per heavy atom. The monoisotopic (exact) mass is 230 g/mol. The predicted molar refractivity (Wildman–Crippen MR) is 61.5 cm³/mol. The molecule has 1 saturated carbocycles. The highest BCUT2D eigenvalue weighted by molar-refractivity contribution is 5.37. The minimum absolute atomic E-state index is 0.0414. The molecular weight excluding hydrogens is 216 g/mol. The van der Waals surface area contributed by atoms with Crippen LogP contribution in [0.25, 0.3) is 0 Å². The van der Waals surface area contributed by atoms with Crippen LogP contribution in [0.2, 0.25) is 0 Å². The van der Waals surface area contributed by atoms with Crippen LogP contribution in [0.1, 0.15) is 30.1 Å². The number of hydrogen-bond acceptors (Lipinski definition) is 4. The van der Waals surface area contributed by atoms with Gasteiger partial charge in [-0.2, -0.15) is 4.98 Å². The van der Waals surface area contributed by atoms with Crippen LogP contribution in [0.3, 0.4) is 0 Å². The van der Waals surface area contributed by atoms with Gasteiger partial charge in [0.15, 0.2) is 5.82 Å². The highest BCUT2D eigenvalue weighted by Crippen LogP contribution is 2.52. The Kier molecular flexibility index (Phi) is 2.44. The van der Waals surface area contributed by atoms with E-state index in [1.165, 1.54) is 5.56 Å². The van der Waals surface area contributed by atoms with Crippen molar-refractivity contribution in [2.75, 3.05) is 7.11 Å². The zero-order chi connectivity index (χ0) is 11.7. The van der Waals surface area contributed by atoms with E-state index < -0.39 is 0 Å². The van der Waals surface area contributed by atoms with Crippen LogP contribution >= 0.6 is 0 Å². The van der Waals surface area contributed by atoms with Crippen molar-refractivity contribution in [3.05, 3.63) is 47.6 Å². The first-order valence-electron chi connectivity index (χ1n) is 5.73. The lowest BCUT2D eigenvalue weighted by atomic mass is 9.96. The lowest BCUT2D eigenvalue weighted by molar-refractivity contribution is 0.174. The van der Waals surface area contributed by atoms with E-state index in [1.807, 2.05) is 18.2 Å². The second-order valence-electron chi connectivity index (χ2n) is 4.40. The van der Waals surface area contributed by atoms with Crippen molar-refractivity contribution in [2.45, 2.75) is 24.9 Å². The van der Waals surface area contributed by atoms with Gasteiger partial charge in [0, 0.05) is 7.11 Å². The van der Waals surface area contributed by atoms with Crippen LogP contribution in [0.4, 0.5) is 0 Å². The molecule has 1 fully saturated rings. The molecule has 0 spiro atoms. The summed E-state index contributed by atoms with van der Waals surface area (Å²) in [6, 6.07) is 10.3. The molecule has 0 radical (unpaired) electrons. The van der Waals surface area contributed by atoms with Crippen molar-refractivity contribution in [2.24, 2.45) is 0 Å². The molecule has 1 heterocycles. The molecule has 1 aliphatic carbocycles. The van der Waals surface area contributed by atoms with E-state index in [2.05, 4.69) is 22.3 Å². The van der Waals surface area contributed by atoms with Gasteiger partial charge in [-0.1, -0.05) is 35.5 Å². The lowest BCUT2D eigenvalue weighted by Gasteiger charge is -2.09. The zero-order valence-corrected chi connectivity index (χ0v) is 9.72. The molecule has 1 aliphatic rings. The van der Waals surface area contributed by atoms with E-state index in [-0.39, 0.29) is 5.41 Å². The molecule has 0 unspecified atom stereocenters. The lowest BCUT2D eigenvalue weighted by Crippen LogP contribution is -2.09. The standard InChI is InChI=1S/C13H14N2O2/c1-16-9-11-14-12(17-15-11)13(7-8-13)10-5-3-2-4-6-10/h2-6H,7-9H2,1H3. The maximum Gasteiger partial charge on any atom is 0.237 e. The maximum absolute atomic E-state index is 5.36. The summed E-state index contributed by atoms with van der Waals surface area (Å²) in [4.78, 5) is 4.41. The fourth-order valence-electron chi connectivity index (χ4n) is 2.14. The normalized spacial score (nSPS) is 17.0. The SMILES string of the molecule is COCc1noc(C2(c3ccccc3)CC2)n1. The Labute approximate surface area is 99.6 Å². The Morgan fingerprint density at radius 3 is 2.71 bits per heavy atom. The fraction of sp³-hybridized carbons (Fsp3) is 0.385. The summed E-state index contributed by atoms with van der Waals surface area (Å²) >= 11 is 0. The van der Waals surface area contributed by atoms with Gasteiger partial charge in [0.1, 0.15) is 6.61 Å². The number of rotatable bonds is 4. The summed E-state index contributed by atoms with van der Waals surface area (Å²) in [5.41, 5.74) is 1.22. The van der Waals surface area contributed by atoms with Gasteiger partial charge in [0.05, 0.1) is 5.41 Å². The van der Waals surface area contributed by atoms with E-state index in [9.17, 15) is 0 Å². The third kappa shape index (κ3) is 1.74. The van der Waals surface area contributed by atoms with Crippen LogP contribution in [-0.2, 0) is 16.8 Å². The van der Waals surface area contributed by atoms with Gasteiger partial charge in [-0.15, -0.1) is 0 Å². The van der Waals surface area contributed by atoms with Crippen molar-refractivity contribution in [1.29, 1.82) is 0 Å². The van der Waals surface area contributed by atoms with Gasteiger partial charge < -0.3 is 9.26 Å². The molecule has 0 saturated heterocycles. The minimum atomic E-state index is -0.0414. The summed E-state index contributed by atoms with van der Waals surface area (Å²) in [5.74, 6) is 1.33. The number of ether oxygens (including phenoxy) is 1. The molecule has 17 heavy (non-hydrogen) atoms. The molecule has 1 aromatic heterocycles. The molecular formula is C13H14N2O2. The van der Waals surface area contributed by atoms with E-state index >= 15 is 0 Å². The van der Waals surface area contributed by atoms with Gasteiger partial charge in [0.25, 0.3) is 0 Å². The quantitative estimate of drug-likeness (QED) is 0.808. The Hall–Kier alpha value is -1.68. The van der Waals surface area contributed by atoms with Gasteiger partial charge in [-0.25, -0.2) is 0 Å². The molecule has 4 heteroatoms. The van der Waals surface area contributed by atoms with Crippen LogP contribution < -0.4 is 0 Å². The molecule has 2 aromatic rings. The Bertz CT molecular complexity index is 503. The topological polar surface area (TPSA) is 48.2 Å². The minimum Gasteiger partial charge on any atom is -0.377 e. The second kappa shape index (κ2) is 3.96. The van der Waals surface area contributed by atoms with Crippen molar-refractivity contribution in [1.82, 2.24) is 10.1 Å². The first-order chi connectivity index (χ1) is 8.35. The molecule has 0 N–H and O–H groups in total. The van der Waals surface area contributed by atoms with Gasteiger partial charge in [0.2, 0.25) is 5.89 Å². The van der Waals surface area contributed by atoms with Gasteiger partial charge in [-0.05, 0) is 18.4 Å². The average molecular weight is 230 g/mol. The number of benzene rings is 1. The highest BCUT2D eigenvalue weighted by Gasteiger charge is 2.50. The van der Waals surface area contributed by atoms with Crippen LogP contribution in [0, 0.1) is 0 Å². The van der Waals surface area contributed by atoms with Crippen LogP contribution in [0.15, 0.2) is 34.9 Å². The third-order valence-corrected chi connectivity index (χ3v) is 3.23. The fourth-order valence-corrected chi connectivity index (χ4v) is 2.14. The number of hydrogen-bond donors (Lipinski definition) is 0. The number of methoxy groups -OCH3 is 1. The average Bonchev–Trinajstić information content (AvgIpc) is 3.06. The molecule has 1 aromatic carbocycles. The van der Waals surface area contributed by atoms with Crippen LogP contribution in [0.5, 0.6) is 0 Å². The van der Waals surface area contributed by atoms with Gasteiger partial charge >= 0.3 is 0 Å². The molecule has 0 aliphatic heterocycles. The summed E-state index contributed by atoms with van der Waals surface area (Å²) in [5, 5.41) is 3.93. The summed E-state index contributed by atoms with van der Waals surface area (Å²) in [6.07, 6.45) is 2.15. The Balaban J connectivity index is 1.92.